The molecule has 0 bridgehead atoms. The molecule has 32 heavy (non-hydrogen) atoms. The Balaban J connectivity index is 1.21. The van der Waals surface area contributed by atoms with Gasteiger partial charge in [0.15, 0.2) is 0 Å². The van der Waals surface area contributed by atoms with Crippen LogP contribution < -0.4 is 10.2 Å². The quantitative estimate of drug-likeness (QED) is 0.753. The van der Waals surface area contributed by atoms with Crippen molar-refractivity contribution in [3.8, 4) is 11.8 Å². The molecule has 3 fully saturated rings. The SMILES string of the molecule is Cc1cc(N2CCN([C@@H]3CN[C@H](C(=O)N4CCSC4)C3)CC2)n(-c2ccc(C#N)cc2)n1. The molecule has 8 nitrogen and oxygen atoms in total. The van der Waals surface area contributed by atoms with Crippen LogP contribution in [0.2, 0.25) is 0 Å². The van der Waals surface area contributed by atoms with Gasteiger partial charge in [-0.1, -0.05) is 0 Å². The number of aromatic nitrogens is 2. The van der Waals surface area contributed by atoms with E-state index in [0.717, 1.165) is 74.5 Å². The molecule has 0 unspecified atom stereocenters. The van der Waals surface area contributed by atoms with Gasteiger partial charge in [-0.05, 0) is 37.6 Å². The lowest BCUT2D eigenvalue weighted by Crippen LogP contribution is -2.51. The number of carbonyl (C=O) groups is 1. The lowest BCUT2D eigenvalue weighted by molar-refractivity contribution is -0.131. The average molecular weight is 452 g/mol. The highest BCUT2D eigenvalue weighted by Gasteiger charge is 2.36. The van der Waals surface area contributed by atoms with Gasteiger partial charge < -0.3 is 15.1 Å². The zero-order valence-electron chi connectivity index (χ0n) is 18.4. The first-order chi connectivity index (χ1) is 15.6. The predicted octanol–water partition coefficient (Wildman–Crippen LogP) is 1.44. The highest BCUT2D eigenvalue weighted by molar-refractivity contribution is 7.99. The van der Waals surface area contributed by atoms with Gasteiger partial charge >= 0.3 is 0 Å². The van der Waals surface area contributed by atoms with Crippen LogP contribution in [-0.4, -0.2) is 88.5 Å². The van der Waals surface area contributed by atoms with Crippen molar-refractivity contribution in [1.29, 1.82) is 5.26 Å². The highest BCUT2D eigenvalue weighted by Crippen LogP contribution is 2.25. The number of carbonyl (C=O) groups excluding carboxylic acids is 1. The summed E-state index contributed by atoms with van der Waals surface area (Å²) < 4.78 is 1.98. The number of nitrogens with one attached hydrogen (secondary N) is 1. The van der Waals surface area contributed by atoms with Gasteiger partial charge in [0.2, 0.25) is 5.91 Å². The molecule has 1 aromatic heterocycles. The maximum absolute atomic E-state index is 12.7. The number of piperazine rings is 1. The fourth-order valence-electron chi connectivity index (χ4n) is 4.89. The zero-order valence-corrected chi connectivity index (χ0v) is 19.2. The number of hydrogen-bond acceptors (Lipinski definition) is 7. The Hall–Kier alpha value is -2.54. The average Bonchev–Trinajstić information content (AvgIpc) is 3.60. The Morgan fingerprint density at radius 3 is 2.66 bits per heavy atom. The molecule has 3 aliphatic rings. The maximum Gasteiger partial charge on any atom is 0.240 e. The van der Waals surface area contributed by atoms with Gasteiger partial charge in [-0.15, -0.1) is 11.8 Å². The van der Waals surface area contributed by atoms with Crippen molar-refractivity contribution in [3.05, 3.63) is 41.6 Å². The lowest BCUT2D eigenvalue weighted by atomic mass is 10.1. The van der Waals surface area contributed by atoms with Gasteiger partial charge in [0.05, 0.1) is 34.9 Å². The van der Waals surface area contributed by atoms with E-state index in [1.54, 1.807) is 0 Å². The molecule has 3 aliphatic heterocycles. The summed E-state index contributed by atoms with van der Waals surface area (Å²) in [7, 11) is 0. The van der Waals surface area contributed by atoms with Crippen molar-refractivity contribution < 1.29 is 4.79 Å². The van der Waals surface area contributed by atoms with Gasteiger partial charge in [0.25, 0.3) is 0 Å². The Morgan fingerprint density at radius 1 is 1.19 bits per heavy atom. The minimum absolute atomic E-state index is 0.0304. The monoisotopic (exact) mass is 451 g/mol. The lowest BCUT2D eigenvalue weighted by Gasteiger charge is -2.38. The fourth-order valence-corrected chi connectivity index (χ4v) is 5.84. The van der Waals surface area contributed by atoms with E-state index >= 15 is 0 Å². The van der Waals surface area contributed by atoms with Crippen LogP contribution in [0.1, 0.15) is 17.7 Å². The first kappa shape index (κ1) is 21.3. The largest absolute Gasteiger partial charge is 0.354 e. The van der Waals surface area contributed by atoms with Crippen molar-refractivity contribution >= 4 is 23.5 Å². The van der Waals surface area contributed by atoms with Crippen LogP contribution in [0, 0.1) is 18.3 Å². The number of nitriles is 1. The molecule has 0 spiro atoms. The highest BCUT2D eigenvalue weighted by atomic mass is 32.2. The minimum atomic E-state index is -0.0304. The molecule has 0 aliphatic carbocycles. The van der Waals surface area contributed by atoms with E-state index in [-0.39, 0.29) is 11.9 Å². The summed E-state index contributed by atoms with van der Waals surface area (Å²) >= 11 is 1.84. The number of aryl methyl sites for hydroxylation is 1. The predicted molar refractivity (Wildman–Crippen MR) is 126 cm³/mol. The van der Waals surface area contributed by atoms with E-state index in [1.165, 1.54) is 0 Å². The van der Waals surface area contributed by atoms with Crippen molar-refractivity contribution in [2.45, 2.75) is 25.4 Å². The number of rotatable bonds is 4. The van der Waals surface area contributed by atoms with E-state index in [2.05, 4.69) is 27.3 Å². The third kappa shape index (κ3) is 4.22. The summed E-state index contributed by atoms with van der Waals surface area (Å²) in [5, 5.41) is 17.2. The van der Waals surface area contributed by atoms with Crippen LogP contribution in [0.5, 0.6) is 0 Å². The van der Waals surface area contributed by atoms with Crippen LogP contribution in [-0.2, 0) is 4.79 Å². The first-order valence-electron chi connectivity index (χ1n) is 11.3. The minimum Gasteiger partial charge on any atom is -0.354 e. The number of thioether (sulfide) groups is 1. The topological polar surface area (TPSA) is 80.4 Å². The molecule has 2 atom stereocenters. The van der Waals surface area contributed by atoms with Crippen molar-refractivity contribution in [3.63, 3.8) is 0 Å². The van der Waals surface area contributed by atoms with Gasteiger partial charge in [-0.2, -0.15) is 10.4 Å². The first-order valence-corrected chi connectivity index (χ1v) is 12.4. The number of anilines is 1. The summed E-state index contributed by atoms with van der Waals surface area (Å²) in [6, 6.07) is 12.3. The third-order valence-electron chi connectivity index (χ3n) is 6.68. The molecule has 0 radical (unpaired) electrons. The summed E-state index contributed by atoms with van der Waals surface area (Å²) in [6.45, 7) is 7.60. The second-order valence-electron chi connectivity index (χ2n) is 8.73. The Bertz CT molecular complexity index is 1000. The van der Waals surface area contributed by atoms with Crippen molar-refractivity contribution in [2.75, 3.05) is 55.8 Å². The molecular weight excluding hydrogens is 422 g/mol. The fraction of sp³-hybridized carbons (Fsp3) is 0.522. The van der Waals surface area contributed by atoms with Crippen LogP contribution in [0.4, 0.5) is 5.82 Å². The molecule has 5 rings (SSSR count). The van der Waals surface area contributed by atoms with E-state index in [0.29, 0.717) is 11.6 Å². The van der Waals surface area contributed by atoms with Crippen LogP contribution in [0.25, 0.3) is 5.69 Å². The molecule has 2 aromatic rings. The van der Waals surface area contributed by atoms with Crippen LogP contribution >= 0.6 is 11.8 Å². The van der Waals surface area contributed by atoms with E-state index in [1.807, 2.05) is 52.5 Å². The molecule has 1 amide bonds. The second-order valence-corrected chi connectivity index (χ2v) is 9.80. The Kier molecular flexibility index (Phi) is 6.09. The number of nitrogens with zero attached hydrogens (tertiary/aromatic N) is 6. The molecule has 1 aromatic carbocycles. The summed E-state index contributed by atoms with van der Waals surface area (Å²) in [4.78, 5) is 19.6. The van der Waals surface area contributed by atoms with Crippen LogP contribution in [0.3, 0.4) is 0 Å². The van der Waals surface area contributed by atoms with Crippen LogP contribution in [0.15, 0.2) is 30.3 Å². The molecule has 1 N–H and O–H groups in total. The van der Waals surface area contributed by atoms with Crippen molar-refractivity contribution in [2.24, 2.45) is 0 Å². The second kappa shape index (κ2) is 9.14. The molecule has 3 saturated heterocycles. The van der Waals surface area contributed by atoms with Gasteiger partial charge in [-0.25, -0.2) is 4.68 Å². The third-order valence-corrected chi connectivity index (χ3v) is 7.64. The van der Waals surface area contributed by atoms with E-state index in [9.17, 15) is 4.79 Å². The standard InChI is InChI=1S/C23H29N7OS/c1-17-12-22(30(26-17)19-4-2-18(14-24)3-5-19)28-8-6-27(7-9-28)20-13-21(25-15-20)23(31)29-10-11-32-16-29/h2-5,12,20-21,25H,6-11,13,15-16H2,1H3/t20-,21-/m0/s1. The number of amides is 1. The van der Waals surface area contributed by atoms with Gasteiger partial charge in [0.1, 0.15) is 5.82 Å². The Morgan fingerprint density at radius 2 is 1.97 bits per heavy atom. The maximum atomic E-state index is 12.7. The molecule has 168 valence electrons. The van der Waals surface area contributed by atoms with Gasteiger partial charge in [0, 0.05) is 57.1 Å². The van der Waals surface area contributed by atoms with Gasteiger partial charge in [-0.3, -0.25) is 9.69 Å². The molecular formula is C23H29N7OS. The normalized spacial score (nSPS) is 24.1. The molecule has 4 heterocycles. The van der Waals surface area contributed by atoms with E-state index < -0.39 is 0 Å². The Labute approximate surface area is 193 Å². The molecule has 0 saturated carbocycles. The molecule has 9 heteroatoms. The van der Waals surface area contributed by atoms with E-state index in [4.69, 9.17) is 10.4 Å². The smallest absolute Gasteiger partial charge is 0.240 e. The zero-order chi connectivity index (χ0) is 22.1. The van der Waals surface area contributed by atoms with Crippen molar-refractivity contribution in [1.82, 2.24) is 24.9 Å². The summed E-state index contributed by atoms with van der Waals surface area (Å²) in [6.07, 6.45) is 0.905. The summed E-state index contributed by atoms with van der Waals surface area (Å²) in [5.41, 5.74) is 2.60. The number of benzene rings is 1. The summed E-state index contributed by atoms with van der Waals surface area (Å²) in [5.74, 6) is 3.27. The number of hydrogen-bond donors (Lipinski definition) is 1.